The molecule has 0 aliphatic carbocycles. The van der Waals surface area contributed by atoms with Crippen LogP contribution < -0.4 is 15.4 Å². The first-order chi connectivity index (χ1) is 11.1. The van der Waals surface area contributed by atoms with Crippen LogP contribution in [0.4, 0.5) is 11.4 Å². The summed E-state index contributed by atoms with van der Waals surface area (Å²) in [5, 5.41) is 6.92. The van der Waals surface area contributed by atoms with Crippen LogP contribution >= 0.6 is 0 Å². The Labute approximate surface area is 140 Å². The van der Waals surface area contributed by atoms with E-state index in [9.17, 15) is 0 Å². The van der Waals surface area contributed by atoms with Crippen LogP contribution in [0.5, 0.6) is 5.75 Å². The lowest BCUT2D eigenvalue weighted by Gasteiger charge is -2.13. The Morgan fingerprint density at radius 3 is 2.48 bits per heavy atom. The van der Waals surface area contributed by atoms with E-state index in [1.807, 2.05) is 12.1 Å². The van der Waals surface area contributed by atoms with Crippen LogP contribution in [0.2, 0.25) is 0 Å². The molecule has 0 fully saturated rings. The number of ether oxygens (including phenoxy) is 1. The van der Waals surface area contributed by atoms with Gasteiger partial charge in [0.05, 0.1) is 6.61 Å². The molecule has 0 radical (unpaired) electrons. The Morgan fingerprint density at radius 1 is 0.957 bits per heavy atom. The van der Waals surface area contributed by atoms with Gasteiger partial charge in [-0.1, -0.05) is 32.0 Å². The van der Waals surface area contributed by atoms with Gasteiger partial charge in [0.15, 0.2) is 0 Å². The maximum atomic E-state index is 5.76. The van der Waals surface area contributed by atoms with E-state index in [4.69, 9.17) is 4.74 Å². The zero-order valence-corrected chi connectivity index (χ0v) is 14.6. The van der Waals surface area contributed by atoms with Gasteiger partial charge in [-0.15, -0.1) is 0 Å². The minimum atomic E-state index is 0.536. The van der Waals surface area contributed by atoms with Crippen LogP contribution in [0.15, 0.2) is 42.5 Å². The van der Waals surface area contributed by atoms with E-state index in [0.717, 1.165) is 31.1 Å². The summed E-state index contributed by atoms with van der Waals surface area (Å²) in [4.78, 5) is 0. The van der Waals surface area contributed by atoms with Crippen molar-refractivity contribution in [3.8, 4) is 5.75 Å². The molecule has 0 amide bonds. The molecule has 3 nitrogen and oxygen atoms in total. The van der Waals surface area contributed by atoms with Crippen molar-refractivity contribution in [1.82, 2.24) is 0 Å². The molecule has 2 aromatic carbocycles. The van der Waals surface area contributed by atoms with Gasteiger partial charge in [-0.05, 0) is 49.1 Å². The van der Waals surface area contributed by atoms with Crippen molar-refractivity contribution in [1.29, 1.82) is 0 Å². The third-order valence-corrected chi connectivity index (χ3v) is 3.79. The van der Waals surface area contributed by atoms with Gasteiger partial charge in [0.1, 0.15) is 5.75 Å². The second kappa shape index (κ2) is 8.47. The van der Waals surface area contributed by atoms with Crippen molar-refractivity contribution in [2.24, 2.45) is 5.92 Å². The average Bonchev–Trinajstić information content (AvgIpc) is 2.54. The maximum absolute atomic E-state index is 5.76. The Bertz CT molecular complexity index is 623. The molecular formula is C20H28N2O. The second-order valence-corrected chi connectivity index (χ2v) is 6.33. The van der Waals surface area contributed by atoms with E-state index in [-0.39, 0.29) is 0 Å². The standard InChI is InChI=1S/C20H28N2O/c1-15(2)14-23-19-9-6-8-18(13-19)21-11-12-22-20-10-5-7-16(3)17(20)4/h5-10,13,15,21-22H,11-12,14H2,1-4H3. The van der Waals surface area contributed by atoms with E-state index in [0.29, 0.717) is 5.92 Å². The lowest BCUT2D eigenvalue weighted by Crippen LogP contribution is -2.14. The van der Waals surface area contributed by atoms with Crippen LogP contribution in [0.3, 0.4) is 0 Å². The molecule has 2 aromatic rings. The van der Waals surface area contributed by atoms with E-state index >= 15 is 0 Å². The van der Waals surface area contributed by atoms with Crippen molar-refractivity contribution in [2.75, 3.05) is 30.3 Å². The summed E-state index contributed by atoms with van der Waals surface area (Å²) in [6.45, 7) is 11.1. The summed E-state index contributed by atoms with van der Waals surface area (Å²) in [5.74, 6) is 1.46. The van der Waals surface area contributed by atoms with Gasteiger partial charge in [0.25, 0.3) is 0 Å². The smallest absolute Gasteiger partial charge is 0.121 e. The molecule has 2 N–H and O–H groups in total. The Kier molecular flexibility index (Phi) is 6.33. The Hall–Kier alpha value is -2.16. The first-order valence-corrected chi connectivity index (χ1v) is 8.33. The van der Waals surface area contributed by atoms with Crippen molar-refractivity contribution in [3.63, 3.8) is 0 Å². The monoisotopic (exact) mass is 312 g/mol. The first kappa shape index (κ1) is 17.2. The molecule has 0 atom stereocenters. The van der Waals surface area contributed by atoms with E-state index < -0.39 is 0 Å². The third kappa shape index (κ3) is 5.51. The maximum Gasteiger partial charge on any atom is 0.121 e. The lowest BCUT2D eigenvalue weighted by molar-refractivity contribution is 0.271. The van der Waals surface area contributed by atoms with Crippen LogP contribution in [0, 0.1) is 19.8 Å². The Balaban J connectivity index is 1.80. The molecule has 2 rings (SSSR count). The number of hydrogen-bond donors (Lipinski definition) is 2. The summed E-state index contributed by atoms with van der Waals surface area (Å²) < 4.78 is 5.76. The highest BCUT2D eigenvalue weighted by atomic mass is 16.5. The fourth-order valence-corrected chi connectivity index (χ4v) is 2.31. The quantitative estimate of drug-likeness (QED) is 0.683. The topological polar surface area (TPSA) is 33.3 Å². The van der Waals surface area contributed by atoms with Crippen LogP contribution in [0.1, 0.15) is 25.0 Å². The number of rotatable bonds is 8. The number of aryl methyl sites for hydroxylation is 1. The number of nitrogens with one attached hydrogen (secondary N) is 2. The van der Waals surface area contributed by atoms with Crippen molar-refractivity contribution >= 4 is 11.4 Å². The first-order valence-electron chi connectivity index (χ1n) is 8.33. The molecule has 0 aliphatic rings. The highest BCUT2D eigenvalue weighted by molar-refractivity contribution is 5.54. The predicted octanol–water partition coefficient (Wildman–Crippen LogP) is 4.86. The molecule has 0 heterocycles. The molecule has 0 bridgehead atoms. The number of anilines is 2. The molecule has 0 unspecified atom stereocenters. The minimum Gasteiger partial charge on any atom is -0.493 e. The van der Waals surface area contributed by atoms with Gasteiger partial charge in [-0.3, -0.25) is 0 Å². The summed E-state index contributed by atoms with van der Waals surface area (Å²) in [5.41, 5.74) is 4.93. The summed E-state index contributed by atoms with van der Waals surface area (Å²) in [7, 11) is 0. The minimum absolute atomic E-state index is 0.536. The molecular weight excluding hydrogens is 284 g/mol. The highest BCUT2D eigenvalue weighted by Crippen LogP contribution is 2.19. The molecule has 124 valence electrons. The van der Waals surface area contributed by atoms with Crippen LogP contribution in [-0.2, 0) is 0 Å². The molecule has 0 saturated heterocycles. The third-order valence-electron chi connectivity index (χ3n) is 3.79. The van der Waals surface area contributed by atoms with Gasteiger partial charge in [-0.2, -0.15) is 0 Å². The van der Waals surface area contributed by atoms with Crippen molar-refractivity contribution < 1.29 is 4.74 Å². The van der Waals surface area contributed by atoms with Crippen molar-refractivity contribution in [3.05, 3.63) is 53.6 Å². The molecule has 23 heavy (non-hydrogen) atoms. The van der Waals surface area contributed by atoms with Gasteiger partial charge in [-0.25, -0.2) is 0 Å². The SMILES string of the molecule is Cc1cccc(NCCNc2cccc(OCC(C)C)c2)c1C. The molecule has 0 spiro atoms. The van der Waals surface area contributed by atoms with Gasteiger partial charge in [0.2, 0.25) is 0 Å². The summed E-state index contributed by atoms with van der Waals surface area (Å²) in [6.07, 6.45) is 0. The lowest BCUT2D eigenvalue weighted by atomic mass is 10.1. The molecule has 0 aliphatic heterocycles. The molecule has 0 saturated carbocycles. The van der Waals surface area contributed by atoms with Crippen molar-refractivity contribution in [2.45, 2.75) is 27.7 Å². The van der Waals surface area contributed by atoms with Crippen LogP contribution in [0.25, 0.3) is 0 Å². The molecule has 3 heteroatoms. The second-order valence-electron chi connectivity index (χ2n) is 6.33. The summed E-state index contributed by atoms with van der Waals surface area (Å²) >= 11 is 0. The fourth-order valence-electron chi connectivity index (χ4n) is 2.31. The van der Waals surface area contributed by atoms with E-state index in [1.54, 1.807) is 0 Å². The predicted molar refractivity (Wildman–Crippen MR) is 99.7 cm³/mol. The summed E-state index contributed by atoms with van der Waals surface area (Å²) in [6, 6.07) is 14.5. The normalized spacial score (nSPS) is 10.7. The fraction of sp³-hybridized carbons (Fsp3) is 0.400. The van der Waals surface area contributed by atoms with E-state index in [2.05, 4.69) is 68.7 Å². The highest BCUT2D eigenvalue weighted by Gasteiger charge is 2.01. The van der Waals surface area contributed by atoms with Gasteiger partial charge >= 0.3 is 0 Å². The zero-order chi connectivity index (χ0) is 16.7. The number of hydrogen-bond acceptors (Lipinski definition) is 3. The van der Waals surface area contributed by atoms with E-state index in [1.165, 1.54) is 16.8 Å². The van der Waals surface area contributed by atoms with Gasteiger partial charge in [0, 0.05) is 30.5 Å². The largest absolute Gasteiger partial charge is 0.493 e. The Morgan fingerprint density at radius 2 is 1.70 bits per heavy atom. The van der Waals surface area contributed by atoms with Crippen LogP contribution in [-0.4, -0.2) is 19.7 Å². The number of benzene rings is 2. The zero-order valence-electron chi connectivity index (χ0n) is 14.6. The average molecular weight is 312 g/mol. The van der Waals surface area contributed by atoms with Gasteiger partial charge < -0.3 is 15.4 Å². The molecule has 0 aromatic heterocycles.